The first-order valence-electron chi connectivity index (χ1n) is 10.2. The number of hydrogen-bond donors (Lipinski definition) is 1. The topological polar surface area (TPSA) is 64.9 Å². The number of carbonyl (C=O) groups excluding carboxylic acids is 1. The van der Waals surface area contributed by atoms with Crippen molar-refractivity contribution in [2.45, 2.75) is 39.7 Å². The second-order valence-electron chi connectivity index (χ2n) is 7.04. The Labute approximate surface area is 171 Å². The largest absolute Gasteiger partial charge is 0.487 e. The molecule has 0 saturated carbocycles. The van der Waals surface area contributed by atoms with E-state index in [1.54, 1.807) is 12.1 Å². The number of imidazole rings is 1. The van der Waals surface area contributed by atoms with Crippen LogP contribution in [0.3, 0.4) is 0 Å². The van der Waals surface area contributed by atoms with Gasteiger partial charge in [0.1, 0.15) is 18.0 Å². The van der Waals surface area contributed by atoms with Crippen LogP contribution in [-0.4, -0.2) is 35.1 Å². The summed E-state index contributed by atoms with van der Waals surface area (Å²) in [6, 6.07) is 11.2. The van der Waals surface area contributed by atoms with Crippen molar-refractivity contribution in [3.63, 3.8) is 0 Å². The van der Waals surface area contributed by atoms with Gasteiger partial charge in [-0.3, -0.25) is 4.79 Å². The molecule has 1 aromatic carbocycles. The monoisotopic (exact) mass is 395 g/mol. The van der Waals surface area contributed by atoms with Gasteiger partial charge in [0.15, 0.2) is 0 Å². The number of aromatic nitrogens is 2. The molecule has 0 atom stereocenters. The lowest BCUT2D eigenvalue weighted by Crippen LogP contribution is -2.25. The van der Waals surface area contributed by atoms with Crippen LogP contribution in [0, 0.1) is 6.92 Å². The maximum atomic E-state index is 12.2. The number of nitrogens with zero attached hydrogens (tertiary/aromatic N) is 2. The lowest BCUT2D eigenvalue weighted by molar-refractivity contribution is 0.0940. The minimum absolute atomic E-state index is 0.0825. The molecule has 2 aromatic heterocycles. The van der Waals surface area contributed by atoms with Crippen LogP contribution in [0.4, 0.5) is 0 Å². The Balaban J connectivity index is 1.43. The van der Waals surface area contributed by atoms with E-state index >= 15 is 0 Å². The first kappa shape index (κ1) is 20.9. The molecular weight excluding hydrogens is 366 g/mol. The average molecular weight is 396 g/mol. The average Bonchev–Trinajstić information content (AvgIpc) is 3.16. The molecule has 1 N–H and O–H groups in total. The number of amides is 1. The molecule has 0 aliphatic carbocycles. The van der Waals surface area contributed by atoms with Gasteiger partial charge in [0.2, 0.25) is 0 Å². The van der Waals surface area contributed by atoms with Gasteiger partial charge in [0, 0.05) is 37.7 Å². The zero-order chi connectivity index (χ0) is 20.5. The van der Waals surface area contributed by atoms with Crippen LogP contribution in [-0.2, 0) is 11.3 Å². The van der Waals surface area contributed by atoms with Crippen molar-refractivity contribution < 1.29 is 14.3 Å². The van der Waals surface area contributed by atoms with Crippen LogP contribution in [0.2, 0.25) is 0 Å². The molecule has 0 radical (unpaired) electrons. The minimum Gasteiger partial charge on any atom is -0.487 e. The standard InChI is InChI=1S/C23H29N3O3/c1-3-4-14-28-15-6-12-24-23(27)19-8-10-21(11-9-19)29-17-20-16-26-13-5-7-18(2)22(26)25-20/h5,7-11,13,16H,3-4,6,12,14-15,17H2,1-2H3,(H,24,27). The van der Waals surface area contributed by atoms with Gasteiger partial charge in [-0.25, -0.2) is 4.98 Å². The van der Waals surface area contributed by atoms with E-state index in [2.05, 4.69) is 17.2 Å². The molecule has 0 aliphatic rings. The number of aryl methyl sites for hydroxylation is 1. The maximum Gasteiger partial charge on any atom is 0.251 e. The summed E-state index contributed by atoms with van der Waals surface area (Å²) >= 11 is 0. The Morgan fingerprint density at radius 3 is 2.69 bits per heavy atom. The van der Waals surface area contributed by atoms with E-state index in [0.717, 1.165) is 42.8 Å². The highest BCUT2D eigenvalue weighted by Gasteiger charge is 2.07. The molecular formula is C23H29N3O3. The number of hydrogen-bond acceptors (Lipinski definition) is 4. The number of fused-ring (bicyclic) bond motifs is 1. The molecule has 1 amide bonds. The highest BCUT2D eigenvalue weighted by atomic mass is 16.5. The van der Waals surface area contributed by atoms with Crippen molar-refractivity contribution in [1.82, 2.24) is 14.7 Å². The number of unbranched alkanes of at least 4 members (excludes halogenated alkanes) is 1. The fourth-order valence-corrected chi connectivity index (χ4v) is 2.96. The zero-order valence-electron chi connectivity index (χ0n) is 17.2. The summed E-state index contributed by atoms with van der Waals surface area (Å²) in [4.78, 5) is 16.8. The third-order valence-electron chi connectivity index (χ3n) is 4.62. The molecule has 0 fully saturated rings. The highest BCUT2D eigenvalue weighted by Crippen LogP contribution is 2.15. The molecule has 3 rings (SSSR count). The Kier molecular flexibility index (Phi) is 7.64. The smallest absolute Gasteiger partial charge is 0.251 e. The zero-order valence-corrected chi connectivity index (χ0v) is 17.2. The molecule has 154 valence electrons. The number of nitrogens with one attached hydrogen (secondary N) is 1. The van der Waals surface area contributed by atoms with E-state index < -0.39 is 0 Å². The van der Waals surface area contributed by atoms with Gasteiger partial charge >= 0.3 is 0 Å². The number of benzene rings is 1. The second-order valence-corrected chi connectivity index (χ2v) is 7.04. The van der Waals surface area contributed by atoms with Crippen LogP contribution in [0.5, 0.6) is 5.75 Å². The van der Waals surface area contributed by atoms with E-state index in [4.69, 9.17) is 9.47 Å². The maximum absolute atomic E-state index is 12.2. The molecule has 2 heterocycles. The van der Waals surface area contributed by atoms with Gasteiger partial charge in [-0.15, -0.1) is 0 Å². The Morgan fingerprint density at radius 2 is 1.93 bits per heavy atom. The van der Waals surface area contributed by atoms with E-state index in [1.807, 2.05) is 48.0 Å². The van der Waals surface area contributed by atoms with Crippen LogP contribution in [0.15, 0.2) is 48.8 Å². The van der Waals surface area contributed by atoms with E-state index in [9.17, 15) is 4.79 Å². The molecule has 3 aromatic rings. The fraction of sp³-hybridized carbons (Fsp3) is 0.391. The Morgan fingerprint density at radius 1 is 1.14 bits per heavy atom. The number of pyridine rings is 1. The van der Waals surface area contributed by atoms with Gasteiger partial charge in [-0.2, -0.15) is 0 Å². The van der Waals surface area contributed by atoms with Crippen molar-refractivity contribution in [3.8, 4) is 5.75 Å². The predicted molar refractivity (Wildman–Crippen MR) is 113 cm³/mol. The summed E-state index contributed by atoms with van der Waals surface area (Å²) < 4.78 is 13.3. The fourth-order valence-electron chi connectivity index (χ4n) is 2.96. The lowest BCUT2D eigenvalue weighted by Gasteiger charge is -2.08. The normalized spacial score (nSPS) is 11.0. The van der Waals surface area contributed by atoms with Crippen molar-refractivity contribution in [2.24, 2.45) is 0 Å². The third-order valence-corrected chi connectivity index (χ3v) is 4.62. The molecule has 0 bridgehead atoms. The molecule has 0 saturated heterocycles. The first-order chi connectivity index (χ1) is 14.2. The Bertz CT molecular complexity index is 919. The molecule has 0 unspecified atom stereocenters. The third kappa shape index (κ3) is 6.06. The summed E-state index contributed by atoms with van der Waals surface area (Å²) in [5.74, 6) is 0.626. The van der Waals surface area contributed by atoms with E-state index in [1.165, 1.54) is 0 Å². The van der Waals surface area contributed by atoms with Crippen LogP contribution in [0.1, 0.15) is 47.8 Å². The highest BCUT2D eigenvalue weighted by molar-refractivity contribution is 5.94. The number of ether oxygens (including phenoxy) is 2. The summed E-state index contributed by atoms with van der Waals surface area (Å²) in [7, 11) is 0. The predicted octanol–water partition coefficient (Wildman–Crippen LogP) is 4.16. The van der Waals surface area contributed by atoms with E-state index in [0.29, 0.717) is 31.1 Å². The van der Waals surface area contributed by atoms with Gasteiger partial charge in [0.05, 0.1) is 5.69 Å². The molecule has 0 aliphatic heterocycles. The minimum atomic E-state index is -0.0825. The van der Waals surface area contributed by atoms with Crippen molar-refractivity contribution >= 4 is 11.6 Å². The lowest BCUT2D eigenvalue weighted by atomic mass is 10.2. The van der Waals surface area contributed by atoms with Crippen LogP contribution < -0.4 is 10.1 Å². The van der Waals surface area contributed by atoms with Crippen LogP contribution >= 0.6 is 0 Å². The number of carbonyl (C=O) groups is 1. The van der Waals surface area contributed by atoms with Gasteiger partial charge in [0.25, 0.3) is 5.91 Å². The van der Waals surface area contributed by atoms with Gasteiger partial charge < -0.3 is 19.2 Å². The molecule has 29 heavy (non-hydrogen) atoms. The van der Waals surface area contributed by atoms with Crippen molar-refractivity contribution in [2.75, 3.05) is 19.8 Å². The SMILES string of the molecule is CCCCOCCCNC(=O)c1ccc(OCc2cn3cccc(C)c3n2)cc1. The van der Waals surface area contributed by atoms with Crippen molar-refractivity contribution in [1.29, 1.82) is 0 Å². The summed E-state index contributed by atoms with van der Waals surface area (Å²) in [5.41, 5.74) is 3.55. The quantitative estimate of drug-likeness (QED) is 0.495. The first-order valence-corrected chi connectivity index (χ1v) is 10.2. The second kappa shape index (κ2) is 10.6. The van der Waals surface area contributed by atoms with Gasteiger partial charge in [-0.1, -0.05) is 19.4 Å². The molecule has 0 spiro atoms. The van der Waals surface area contributed by atoms with E-state index in [-0.39, 0.29) is 5.91 Å². The number of rotatable bonds is 11. The summed E-state index contributed by atoms with van der Waals surface area (Å²) in [6.45, 7) is 6.63. The summed E-state index contributed by atoms with van der Waals surface area (Å²) in [5, 5.41) is 2.91. The van der Waals surface area contributed by atoms with Crippen LogP contribution in [0.25, 0.3) is 5.65 Å². The molecule has 6 heteroatoms. The van der Waals surface area contributed by atoms with Crippen molar-refractivity contribution in [3.05, 3.63) is 65.6 Å². The summed E-state index contributed by atoms with van der Waals surface area (Å²) in [6.07, 6.45) is 6.97. The van der Waals surface area contributed by atoms with Gasteiger partial charge in [-0.05, 0) is 55.7 Å². The molecule has 6 nitrogen and oxygen atoms in total. The Hall–Kier alpha value is -2.86.